The normalized spacial score (nSPS) is 14.9. The van der Waals surface area contributed by atoms with Crippen molar-refractivity contribution in [1.29, 1.82) is 0 Å². The van der Waals surface area contributed by atoms with Gasteiger partial charge in [-0.05, 0) is 17.5 Å². The molecule has 0 saturated carbocycles. The molecule has 3 heteroatoms. The number of anilines is 2. The molecular weight excluding hydrogens is 200 g/mol. The number of carbonyl (C=O) groups is 1. The molecule has 0 spiro atoms. The van der Waals surface area contributed by atoms with Gasteiger partial charge in [-0.1, -0.05) is 24.3 Å². The first-order chi connectivity index (χ1) is 7.84. The van der Waals surface area contributed by atoms with Gasteiger partial charge in [-0.3, -0.25) is 4.79 Å². The summed E-state index contributed by atoms with van der Waals surface area (Å²) in [6, 6.07) is 12.2. The zero-order valence-corrected chi connectivity index (χ0v) is 8.79. The summed E-state index contributed by atoms with van der Waals surface area (Å²) in [5, 5.41) is 8.73. The maximum Gasteiger partial charge on any atom is 0.170 e. The monoisotopic (exact) mass is 212 g/mol. The molecule has 3 nitrogen and oxygen atoms in total. The van der Waals surface area contributed by atoms with Crippen LogP contribution < -0.4 is 10.6 Å². The van der Waals surface area contributed by atoms with Crippen LogP contribution in [0.4, 0.5) is 11.4 Å². The molecule has 0 bridgehead atoms. The SMILES string of the molecule is O=C1CNc2cccc3cccc(c23)NC1. The van der Waals surface area contributed by atoms with E-state index in [4.69, 9.17) is 0 Å². The van der Waals surface area contributed by atoms with E-state index >= 15 is 0 Å². The lowest BCUT2D eigenvalue weighted by Crippen LogP contribution is -2.24. The Balaban J connectivity index is 2.27. The first kappa shape index (κ1) is 9.21. The minimum atomic E-state index is 0.173. The summed E-state index contributed by atoms with van der Waals surface area (Å²) < 4.78 is 0. The highest BCUT2D eigenvalue weighted by Gasteiger charge is 2.11. The van der Waals surface area contributed by atoms with Crippen molar-refractivity contribution in [2.24, 2.45) is 0 Å². The van der Waals surface area contributed by atoms with E-state index < -0.39 is 0 Å². The molecule has 0 atom stereocenters. The van der Waals surface area contributed by atoms with Gasteiger partial charge in [0.15, 0.2) is 5.78 Å². The van der Waals surface area contributed by atoms with E-state index in [1.54, 1.807) is 0 Å². The van der Waals surface area contributed by atoms with Crippen LogP contribution in [-0.2, 0) is 4.79 Å². The molecule has 1 aliphatic rings. The smallest absolute Gasteiger partial charge is 0.170 e. The van der Waals surface area contributed by atoms with Gasteiger partial charge in [0, 0.05) is 16.8 Å². The van der Waals surface area contributed by atoms with Crippen LogP contribution in [0.15, 0.2) is 36.4 Å². The Morgan fingerprint density at radius 2 is 1.44 bits per heavy atom. The molecule has 1 aliphatic heterocycles. The highest BCUT2D eigenvalue weighted by atomic mass is 16.1. The van der Waals surface area contributed by atoms with Crippen LogP contribution in [0.1, 0.15) is 0 Å². The van der Waals surface area contributed by atoms with Crippen LogP contribution >= 0.6 is 0 Å². The standard InChI is InChI=1S/C13H12N2O/c16-10-7-14-11-5-1-3-9-4-2-6-12(13(9)11)15-8-10/h1-6,14-15H,7-8H2. The summed E-state index contributed by atoms with van der Waals surface area (Å²) in [4.78, 5) is 11.4. The summed E-state index contributed by atoms with van der Waals surface area (Å²) in [5.74, 6) is 0.173. The molecule has 2 N–H and O–H groups in total. The average molecular weight is 212 g/mol. The maximum atomic E-state index is 11.4. The average Bonchev–Trinajstić information content (AvgIpc) is 2.31. The Hall–Kier alpha value is -2.03. The zero-order chi connectivity index (χ0) is 11.0. The number of Topliss-reactive ketones (excluding diaryl/α,β-unsaturated/α-hetero) is 1. The van der Waals surface area contributed by atoms with Gasteiger partial charge in [0.05, 0.1) is 13.1 Å². The largest absolute Gasteiger partial charge is 0.377 e. The number of hydrogen-bond acceptors (Lipinski definition) is 3. The summed E-state index contributed by atoms with van der Waals surface area (Å²) in [6.45, 7) is 0.779. The molecule has 0 radical (unpaired) electrons. The van der Waals surface area contributed by atoms with Crippen LogP contribution in [0.5, 0.6) is 0 Å². The zero-order valence-electron chi connectivity index (χ0n) is 8.79. The quantitative estimate of drug-likeness (QED) is 0.703. The Morgan fingerprint density at radius 1 is 0.875 bits per heavy atom. The van der Waals surface area contributed by atoms with Crippen molar-refractivity contribution >= 4 is 27.9 Å². The van der Waals surface area contributed by atoms with Crippen molar-refractivity contribution in [1.82, 2.24) is 0 Å². The van der Waals surface area contributed by atoms with Crippen molar-refractivity contribution in [3.05, 3.63) is 36.4 Å². The van der Waals surface area contributed by atoms with Gasteiger partial charge in [0.25, 0.3) is 0 Å². The minimum absolute atomic E-state index is 0.173. The van der Waals surface area contributed by atoms with Gasteiger partial charge in [0.1, 0.15) is 0 Å². The van der Waals surface area contributed by atoms with E-state index in [0.29, 0.717) is 13.1 Å². The third-order valence-electron chi connectivity index (χ3n) is 2.86. The van der Waals surface area contributed by atoms with Crippen LogP contribution in [0.25, 0.3) is 10.8 Å². The molecule has 2 aromatic carbocycles. The van der Waals surface area contributed by atoms with Crippen LogP contribution in [0.2, 0.25) is 0 Å². The number of rotatable bonds is 0. The van der Waals surface area contributed by atoms with Gasteiger partial charge < -0.3 is 10.6 Å². The predicted octanol–water partition coefficient (Wildman–Crippen LogP) is 2.25. The molecule has 0 aliphatic carbocycles. The van der Waals surface area contributed by atoms with Crippen molar-refractivity contribution in [2.45, 2.75) is 0 Å². The molecule has 1 heterocycles. The van der Waals surface area contributed by atoms with E-state index in [2.05, 4.69) is 22.8 Å². The van der Waals surface area contributed by atoms with Crippen molar-refractivity contribution in [3.8, 4) is 0 Å². The van der Waals surface area contributed by atoms with Crippen molar-refractivity contribution < 1.29 is 4.79 Å². The molecule has 0 fully saturated rings. The number of nitrogens with one attached hydrogen (secondary N) is 2. The van der Waals surface area contributed by atoms with Gasteiger partial charge in [-0.2, -0.15) is 0 Å². The number of hydrogen-bond donors (Lipinski definition) is 2. The molecule has 0 saturated heterocycles. The lowest BCUT2D eigenvalue weighted by atomic mass is 10.1. The van der Waals surface area contributed by atoms with Crippen LogP contribution in [0.3, 0.4) is 0 Å². The van der Waals surface area contributed by atoms with Crippen molar-refractivity contribution in [3.63, 3.8) is 0 Å². The third-order valence-corrected chi connectivity index (χ3v) is 2.86. The Bertz CT molecular complexity index is 518. The minimum Gasteiger partial charge on any atom is -0.377 e. The fraction of sp³-hybridized carbons (Fsp3) is 0.154. The second-order valence-electron chi connectivity index (χ2n) is 3.96. The fourth-order valence-corrected chi connectivity index (χ4v) is 2.09. The highest BCUT2D eigenvalue weighted by Crippen LogP contribution is 2.31. The van der Waals surface area contributed by atoms with Crippen molar-refractivity contribution in [2.75, 3.05) is 23.7 Å². The molecule has 0 unspecified atom stereocenters. The highest BCUT2D eigenvalue weighted by molar-refractivity contribution is 6.05. The summed E-state index contributed by atoms with van der Waals surface area (Å²) in [7, 11) is 0. The third kappa shape index (κ3) is 1.41. The van der Waals surface area contributed by atoms with Gasteiger partial charge >= 0.3 is 0 Å². The fourth-order valence-electron chi connectivity index (χ4n) is 2.09. The van der Waals surface area contributed by atoms with Gasteiger partial charge in [-0.15, -0.1) is 0 Å². The van der Waals surface area contributed by atoms with Gasteiger partial charge in [0.2, 0.25) is 0 Å². The molecule has 0 aromatic heterocycles. The first-order valence-electron chi connectivity index (χ1n) is 5.36. The lowest BCUT2D eigenvalue weighted by molar-refractivity contribution is -0.115. The Morgan fingerprint density at radius 3 is 2.00 bits per heavy atom. The van der Waals surface area contributed by atoms with E-state index in [0.717, 1.165) is 16.8 Å². The molecule has 0 amide bonds. The lowest BCUT2D eigenvalue weighted by Gasteiger charge is -2.17. The predicted molar refractivity (Wildman–Crippen MR) is 65.9 cm³/mol. The second kappa shape index (κ2) is 3.52. The molecule has 2 aromatic rings. The topological polar surface area (TPSA) is 41.1 Å². The van der Waals surface area contributed by atoms with Gasteiger partial charge in [-0.25, -0.2) is 0 Å². The number of carbonyl (C=O) groups excluding carboxylic acids is 1. The molecular formula is C13H12N2O. The van der Waals surface area contributed by atoms with E-state index in [1.807, 2.05) is 24.3 Å². The first-order valence-corrected chi connectivity index (χ1v) is 5.36. The number of ketones is 1. The number of benzene rings is 2. The second-order valence-corrected chi connectivity index (χ2v) is 3.96. The summed E-state index contributed by atoms with van der Waals surface area (Å²) >= 11 is 0. The Labute approximate surface area is 93.5 Å². The summed E-state index contributed by atoms with van der Waals surface area (Å²) in [5.41, 5.74) is 2.04. The summed E-state index contributed by atoms with van der Waals surface area (Å²) in [6.07, 6.45) is 0. The van der Waals surface area contributed by atoms with E-state index in [9.17, 15) is 4.79 Å². The molecule has 16 heavy (non-hydrogen) atoms. The molecule has 80 valence electrons. The van der Waals surface area contributed by atoms with E-state index in [1.165, 1.54) is 5.39 Å². The Kier molecular flexibility index (Phi) is 2.03. The maximum absolute atomic E-state index is 11.4. The molecule has 3 rings (SSSR count). The van der Waals surface area contributed by atoms with Crippen LogP contribution in [0, 0.1) is 0 Å². The van der Waals surface area contributed by atoms with E-state index in [-0.39, 0.29) is 5.78 Å². The van der Waals surface area contributed by atoms with Crippen LogP contribution in [-0.4, -0.2) is 18.9 Å².